The van der Waals surface area contributed by atoms with Crippen molar-refractivity contribution in [3.63, 3.8) is 0 Å². The minimum Gasteiger partial charge on any atom is -0.497 e. The third kappa shape index (κ3) is 3.06. The molecule has 2 aromatic carbocycles. The molecule has 2 fully saturated rings. The first kappa shape index (κ1) is 21.3. The Hall–Kier alpha value is -3.59. The van der Waals surface area contributed by atoms with Gasteiger partial charge in [-0.25, -0.2) is 9.69 Å². The van der Waals surface area contributed by atoms with Crippen molar-refractivity contribution in [2.45, 2.75) is 12.5 Å². The Labute approximate surface area is 191 Å². The van der Waals surface area contributed by atoms with Crippen molar-refractivity contribution < 1.29 is 23.9 Å². The largest absolute Gasteiger partial charge is 0.497 e. The van der Waals surface area contributed by atoms with Gasteiger partial charge >= 0.3 is 6.03 Å². The molecular formula is C24H26N4O5. The minimum absolute atomic E-state index is 0.207. The van der Waals surface area contributed by atoms with E-state index in [0.29, 0.717) is 24.6 Å². The SMILES string of the molecule is COc1ccc(OC)c(N2C(=O)NC(=O)[C@]3(Cc4ccccc4N4CCN(C)C[C@@H]43)C2=O)c1. The van der Waals surface area contributed by atoms with Crippen LogP contribution >= 0.6 is 0 Å². The second kappa shape index (κ2) is 7.77. The van der Waals surface area contributed by atoms with E-state index in [9.17, 15) is 14.4 Å². The lowest BCUT2D eigenvalue weighted by Crippen LogP contribution is -2.75. The number of methoxy groups -OCH3 is 2. The maximum absolute atomic E-state index is 14.3. The van der Waals surface area contributed by atoms with E-state index in [1.165, 1.54) is 14.2 Å². The van der Waals surface area contributed by atoms with Crippen LogP contribution in [0.2, 0.25) is 0 Å². The number of nitrogens with one attached hydrogen (secondary N) is 1. The molecule has 0 saturated carbocycles. The molecular weight excluding hydrogens is 424 g/mol. The Morgan fingerprint density at radius 1 is 1.00 bits per heavy atom. The van der Waals surface area contributed by atoms with Crippen LogP contribution in [0.5, 0.6) is 11.5 Å². The number of nitrogens with zero attached hydrogens (tertiary/aromatic N) is 3. The van der Waals surface area contributed by atoms with Gasteiger partial charge in [-0.3, -0.25) is 14.9 Å². The second-order valence-electron chi connectivity index (χ2n) is 8.69. The number of carbonyl (C=O) groups is 3. The molecule has 33 heavy (non-hydrogen) atoms. The number of hydrogen-bond acceptors (Lipinski definition) is 7. The molecule has 1 N–H and O–H groups in total. The average molecular weight is 450 g/mol. The van der Waals surface area contributed by atoms with E-state index in [0.717, 1.165) is 22.7 Å². The number of piperazine rings is 1. The van der Waals surface area contributed by atoms with Gasteiger partial charge in [-0.05, 0) is 37.2 Å². The van der Waals surface area contributed by atoms with Crippen LogP contribution in [0.25, 0.3) is 0 Å². The van der Waals surface area contributed by atoms with Gasteiger partial charge in [0, 0.05) is 31.4 Å². The monoisotopic (exact) mass is 450 g/mol. The first-order chi connectivity index (χ1) is 15.9. The predicted molar refractivity (Wildman–Crippen MR) is 122 cm³/mol. The molecule has 0 aliphatic carbocycles. The van der Waals surface area contributed by atoms with Crippen molar-refractivity contribution in [2.24, 2.45) is 5.41 Å². The Morgan fingerprint density at radius 3 is 2.55 bits per heavy atom. The predicted octanol–water partition coefficient (Wildman–Crippen LogP) is 1.65. The first-order valence-corrected chi connectivity index (χ1v) is 10.9. The highest BCUT2D eigenvalue weighted by molar-refractivity contribution is 6.31. The lowest BCUT2D eigenvalue weighted by atomic mass is 9.67. The molecule has 172 valence electrons. The quantitative estimate of drug-likeness (QED) is 0.711. The Bertz CT molecular complexity index is 1150. The Balaban J connectivity index is 1.68. The zero-order valence-corrected chi connectivity index (χ0v) is 18.8. The van der Waals surface area contributed by atoms with Gasteiger partial charge in [0.2, 0.25) is 5.91 Å². The molecule has 4 amide bonds. The summed E-state index contributed by atoms with van der Waals surface area (Å²) < 4.78 is 10.8. The van der Waals surface area contributed by atoms with E-state index in [1.54, 1.807) is 18.2 Å². The van der Waals surface area contributed by atoms with Gasteiger partial charge in [0.1, 0.15) is 11.5 Å². The fourth-order valence-electron chi connectivity index (χ4n) is 5.28. The van der Waals surface area contributed by atoms with E-state index in [2.05, 4.69) is 15.1 Å². The van der Waals surface area contributed by atoms with E-state index >= 15 is 0 Å². The molecule has 2 atom stereocenters. The van der Waals surface area contributed by atoms with Crippen molar-refractivity contribution >= 4 is 29.2 Å². The van der Waals surface area contributed by atoms with Gasteiger partial charge < -0.3 is 19.3 Å². The minimum atomic E-state index is -1.47. The second-order valence-corrected chi connectivity index (χ2v) is 8.69. The zero-order chi connectivity index (χ0) is 23.3. The molecule has 2 saturated heterocycles. The number of imide groups is 2. The number of benzene rings is 2. The van der Waals surface area contributed by atoms with E-state index < -0.39 is 29.3 Å². The van der Waals surface area contributed by atoms with Crippen LogP contribution < -0.4 is 24.6 Å². The summed E-state index contributed by atoms with van der Waals surface area (Å²) in [5.74, 6) is -0.319. The van der Waals surface area contributed by atoms with Gasteiger partial charge in [0.15, 0.2) is 5.41 Å². The number of para-hydroxylation sites is 1. The number of rotatable bonds is 3. The van der Waals surface area contributed by atoms with E-state index in [-0.39, 0.29) is 12.1 Å². The van der Waals surface area contributed by atoms with Crippen LogP contribution in [0.1, 0.15) is 5.56 Å². The first-order valence-electron chi connectivity index (χ1n) is 10.9. The van der Waals surface area contributed by atoms with Gasteiger partial charge in [0.25, 0.3) is 5.91 Å². The Kier molecular flexibility index (Phi) is 5.01. The normalized spacial score (nSPS) is 24.9. The number of urea groups is 1. The summed E-state index contributed by atoms with van der Waals surface area (Å²) in [6.07, 6.45) is 0.207. The van der Waals surface area contributed by atoms with Gasteiger partial charge in [-0.1, -0.05) is 18.2 Å². The number of ether oxygens (including phenoxy) is 2. The number of hydrogen-bond donors (Lipinski definition) is 1. The number of carbonyl (C=O) groups excluding carboxylic acids is 3. The summed E-state index contributed by atoms with van der Waals surface area (Å²) in [7, 11) is 4.94. The third-order valence-electron chi connectivity index (χ3n) is 6.96. The highest BCUT2D eigenvalue weighted by Gasteiger charge is 2.63. The van der Waals surface area contributed by atoms with Crippen molar-refractivity contribution in [2.75, 3.05) is 50.7 Å². The average Bonchev–Trinajstić information content (AvgIpc) is 2.82. The van der Waals surface area contributed by atoms with E-state index in [1.807, 2.05) is 31.3 Å². The van der Waals surface area contributed by atoms with Gasteiger partial charge in [-0.2, -0.15) is 0 Å². The van der Waals surface area contributed by atoms with Crippen LogP contribution in [0, 0.1) is 5.41 Å². The topological polar surface area (TPSA) is 91.4 Å². The Morgan fingerprint density at radius 2 is 1.79 bits per heavy atom. The molecule has 0 radical (unpaired) electrons. The molecule has 1 spiro atoms. The molecule has 3 aliphatic heterocycles. The maximum Gasteiger partial charge on any atom is 0.335 e. The van der Waals surface area contributed by atoms with Crippen LogP contribution in [-0.4, -0.2) is 69.7 Å². The van der Waals surface area contributed by atoms with Crippen LogP contribution in [0.15, 0.2) is 42.5 Å². The highest BCUT2D eigenvalue weighted by atomic mass is 16.5. The molecule has 5 rings (SSSR count). The standard InChI is InChI=1S/C24H26N4O5/c1-26-10-11-27-17-7-5-4-6-15(17)13-24(20(27)14-26)21(29)25-23(31)28(22(24)30)18-12-16(32-2)8-9-19(18)33-3/h4-9,12,20H,10-11,13-14H2,1-3H3,(H,25,29,31)/t20-,24-/m1/s1. The van der Waals surface area contributed by atoms with Crippen molar-refractivity contribution in [3.05, 3.63) is 48.0 Å². The van der Waals surface area contributed by atoms with E-state index in [4.69, 9.17) is 9.47 Å². The fraction of sp³-hybridized carbons (Fsp3) is 0.375. The lowest BCUT2D eigenvalue weighted by molar-refractivity contribution is -0.145. The molecule has 9 heteroatoms. The number of amides is 4. The summed E-state index contributed by atoms with van der Waals surface area (Å²) in [4.78, 5) is 46.1. The molecule has 3 heterocycles. The number of likely N-dealkylation sites (N-methyl/N-ethyl adjacent to an activating group) is 1. The zero-order valence-electron chi connectivity index (χ0n) is 18.8. The van der Waals surface area contributed by atoms with Gasteiger partial charge in [-0.15, -0.1) is 0 Å². The molecule has 0 aromatic heterocycles. The number of anilines is 2. The van der Waals surface area contributed by atoms with Crippen LogP contribution in [-0.2, 0) is 16.0 Å². The summed E-state index contributed by atoms with van der Waals surface area (Å²) in [6.45, 7) is 2.00. The number of fused-ring (bicyclic) bond motifs is 4. The summed E-state index contributed by atoms with van der Waals surface area (Å²) in [6, 6.07) is 11.5. The fourth-order valence-corrected chi connectivity index (χ4v) is 5.28. The summed E-state index contributed by atoms with van der Waals surface area (Å²) in [5, 5.41) is 2.47. The highest BCUT2D eigenvalue weighted by Crippen LogP contribution is 2.47. The maximum atomic E-state index is 14.3. The molecule has 3 aliphatic rings. The summed E-state index contributed by atoms with van der Waals surface area (Å²) >= 11 is 0. The summed E-state index contributed by atoms with van der Waals surface area (Å²) in [5.41, 5.74) is 0.712. The lowest BCUT2D eigenvalue weighted by Gasteiger charge is -2.55. The van der Waals surface area contributed by atoms with Gasteiger partial charge in [0.05, 0.1) is 25.9 Å². The number of barbiturate groups is 1. The molecule has 0 bridgehead atoms. The smallest absolute Gasteiger partial charge is 0.335 e. The van der Waals surface area contributed by atoms with Crippen LogP contribution in [0.3, 0.4) is 0 Å². The molecule has 9 nitrogen and oxygen atoms in total. The van der Waals surface area contributed by atoms with Crippen LogP contribution in [0.4, 0.5) is 16.2 Å². The van der Waals surface area contributed by atoms with Crippen molar-refractivity contribution in [3.8, 4) is 11.5 Å². The molecule has 0 unspecified atom stereocenters. The third-order valence-corrected chi connectivity index (χ3v) is 6.96. The molecule has 2 aromatic rings. The van der Waals surface area contributed by atoms with Crippen molar-refractivity contribution in [1.82, 2.24) is 10.2 Å². The van der Waals surface area contributed by atoms with Crippen molar-refractivity contribution in [1.29, 1.82) is 0 Å².